The SMILES string of the molecule is Cc1ccc(NC(=O)CN2C(=O)N[C@](C)(c3ccc(C(C)(C)C)cc3)C2=O)cc1[N+](=O)[O-]. The molecule has 2 aromatic carbocycles. The second-order valence-corrected chi connectivity index (χ2v) is 9.08. The van der Waals surface area contributed by atoms with Crippen LogP contribution in [0.4, 0.5) is 16.2 Å². The van der Waals surface area contributed by atoms with E-state index in [0.717, 1.165) is 10.5 Å². The first kappa shape index (κ1) is 22.9. The van der Waals surface area contributed by atoms with Crippen LogP contribution in [0.25, 0.3) is 0 Å². The molecule has 1 aliphatic rings. The number of nitrogens with one attached hydrogen (secondary N) is 2. The molecule has 9 heteroatoms. The summed E-state index contributed by atoms with van der Waals surface area (Å²) in [6, 6.07) is 11.0. The maximum absolute atomic E-state index is 13.1. The molecule has 1 saturated heterocycles. The topological polar surface area (TPSA) is 122 Å². The van der Waals surface area contributed by atoms with Gasteiger partial charge in [-0.05, 0) is 36.5 Å². The molecule has 1 heterocycles. The van der Waals surface area contributed by atoms with Gasteiger partial charge in [0.15, 0.2) is 0 Å². The first-order valence-corrected chi connectivity index (χ1v) is 10.1. The molecule has 0 bridgehead atoms. The lowest BCUT2D eigenvalue weighted by atomic mass is 9.84. The Bertz CT molecular complexity index is 1100. The first-order chi connectivity index (χ1) is 14.8. The van der Waals surface area contributed by atoms with Gasteiger partial charge in [-0.2, -0.15) is 0 Å². The molecule has 0 radical (unpaired) electrons. The molecule has 1 atom stereocenters. The average Bonchev–Trinajstić information content (AvgIpc) is 2.92. The minimum atomic E-state index is -1.30. The number of benzene rings is 2. The normalized spacial score (nSPS) is 18.5. The number of aryl methyl sites for hydroxylation is 1. The summed E-state index contributed by atoms with van der Waals surface area (Å²) >= 11 is 0. The zero-order chi connectivity index (χ0) is 23.8. The highest BCUT2D eigenvalue weighted by Crippen LogP contribution is 2.31. The number of carbonyl (C=O) groups excluding carboxylic acids is 3. The number of carbonyl (C=O) groups is 3. The van der Waals surface area contributed by atoms with Crippen molar-refractivity contribution in [1.29, 1.82) is 0 Å². The van der Waals surface area contributed by atoms with Crippen LogP contribution in [-0.4, -0.2) is 34.2 Å². The molecule has 0 spiro atoms. The van der Waals surface area contributed by atoms with Crippen LogP contribution >= 0.6 is 0 Å². The van der Waals surface area contributed by atoms with Crippen molar-refractivity contribution < 1.29 is 19.3 Å². The molecular formula is C23H26N4O5. The lowest BCUT2D eigenvalue weighted by Gasteiger charge is -2.24. The van der Waals surface area contributed by atoms with Gasteiger partial charge in [0, 0.05) is 17.3 Å². The average molecular weight is 438 g/mol. The molecule has 0 aromatic heterocycles. The van der Waals surface area contributed by atoms with Crippen LogP contribution < -0.4 is 10.6 Å². The highest BCUT2D eigenvalue weighted by Gasteiger charge is 2.49. The number of amides is 4. The Kier molecular flexibility index (Phi) is 5.78. The number of hydrogen-bond acceptors (Lipinski definition) is 5. The maximum Gasteiger partial charge on any atom is 0.325 e. The van der Waals surface area contributed by atoms with E-state index in [-0.39, 0.29) is 16.8 Å². The van der Waals surface area contributed by atoms with Crippen LogP contribution in [0.3, 0.4) is 0 Å². The summed E-state index contributed by atoms with van der Waals surface area (Å²) in [6.45, 7) is 8.91. The second kappa shape index (κ2) is 8.07. The van der Waals surface area contributed by atoms with Gasteiger partial charge in [-0.25, -0.2) is 4.79 Å². The molecule has 3 rings (SSSR count). The van der Waals surface area contributed by atoms with Crippen LogP contribution in [0, 0.1) is 17.0 Å². The van der Waals surface area contributed by atoms with Gasteiger partial charge in [-0.1, -0.05) is 51.1 Å². The number of anilines is 1. The molecule has 0 aliphatic carbocycles. The van der Waals surface area contributed by atoms with Crippen LogP contribution in [0.15, 0.2) is 42.5 Å². The summed E-state index contributed by atoms with van der Waals surface area (Å²) in [7, 11) is 0. The van der Waals surface area contributed by atoms with E-state index in [0.29, 0.717) is 11.1 Å². The van der Waals surface area contributed by atoms with Crippen LogP contribution in [0.1, 0.15) is 44.4 Å². The molecule has 1 aliphatic heterocycles. The van der Waals surface area contributed by atoms with Crippen molar-refractivity contribution in [2.45, 2.75) is 45.6 Å². The highest BCUT2D eigenvalue weighted by molar-refractivity contribution is 6.10. The summed E-state index contributed by atoms with van der Waals surface area (Å²) in [5.74, 6) is -1.19. The van der Waals surface area contributed by atoms with E-state index in [1.165, 1.54) is 18.2 Å². The minimum absolute atomic E-state index is 0.0580. The summed E-state index contributed by atoms with van der Waals surface area (Å²) < 4.78 is 0. The first-order valence-electron chi connectivity index (χ1n) is 10.1. The van der Waals surface area contributed by atoms with E-state index in [9.17, 15) is 24.5 Å². The summed E-state index contributed by atoms with van der Waals surface area (Å²) in [6.07, 6.45) is 0. The van der Waals surface area contributed by atoms with Crippen LogP contribution in [0.5, 0.6) is 0 Å². The lowest BCUT2D eigenvalue weighted by Crippen LogP contribution is -2.42. The van der Waals surface area contributed by atoms with E-state index in [1.54, 1.807) is 26.0 Å². The number of imide groups is 1. The van der Waals surface area contributed by atoms with Crippen LogP contribution in [0.2, 0.25) is 0 Å². The molecule has 32 heavy (non-hydrogen) atoms. The predicted octanol–water partition coefficient (Wildman–Crippen LogP) is 3.61. The predicted molar refractivity (Wildman–Crippen MR) is 119 cm³/mol. The van der Waals surface area contributed by atoms with Gasteiger partial charge in [0.25, 0.3) is 11.6 Å². The van der Waals surface area contributed by atoms with Crippen molar-refractivity contribution in [3.8, 4) is 0 Å². The third-order valence-corrected chi connectivity index (χ3v) is 5.59. The van der Waals surface area contributed by atoms with E-state index >= 15 is 0 Å². The van der Waals surface area contributed by atoms with Gasteiger partial charge in [0.2, 0.25) is 5.91 Å². The van der Waals surface area contributed by atoms with Crippen molar-refractivity contribution in [3.05, 3.63) is 69.3 Å². The second-order valence-electron chi connectivity index (χ2n) is 9.08. The van der Waals surface area contributed by atoms with Crippen LogP contribution in [-0.2, 0) is 20.5 Å². The highest BCUT2D eigenvalue weighted by atomic mass is 16.6. The van der Waals surface area contributed by atoms with Gasteiger partial charge in [0.05, 0.1) is 4.92 Å². The quantitative estimate of drug-likeness (QED) is 0.420. The third kappa shape index (κ3) is 4.32. The number of hydrogen-bond donors (Lipinski definition) is 2. The number of nitro groups is 1. The van der Waals surface area contributed by atoms with Gasteiger partial charge in [0.1, 0.15) is 12.1 Å². The molecule has 0 saturated carbocycles. The van der Waals surface area contributed by atoms with Gasteiger partial charge in [-0.3, -0.25) is 24.6 Å². The number of nitrogens with zero attached hydrogens (tertiary/aromatic N) is 2. The molecule has 2 aromatic rings. The van der Waals surface area contributed by atoms with E-state index < -0.39 is 34.9 Å². The largest absolute Gasteiger partial charge is 0.325 e. The smallest absolute Gasteiger partial charge is 0.324 e. The molecule has 4 amide bonds. The standard InChI is InChI=1S/C23H26N4O5/c1-14-6-11-17(12-18(14)27(31)32)24-19(28)13-26-20(29)23(5,25-21(26)30)16-9-7-15(8-10-16)22(2,3)4/h6-12H,13H2,1-5H3,(H,24,28)(H,25,30)/t23-/m1/s1. The Labute approximate surface area is 185 Å². The van der Waals surface area contributed by atoms with Crippen molar-refractivity contribution >= 4 is 29.2 Å². The van der Waals surface area contributed by atoms with Gasteiger partial charge >= 0.3 is 6.03 Å². The van der Waals surface area contributed by atoms with Crippen molar-refractivity contribution in [2.75, 3.05) is 11.9 Å². The van der Waals surface area contributed by atoms with E-state index in [2.05, 4.69) is 31.4 Å². The number of urea groups is 1. The summed E-state index contributed by atoms with van der Waals surface area (Å²) in [4.78, 5) is 49.4. The molecule has 0 unspecified atom stereocenters. The van der Waals surface area contributed by atoms with E-state index in [1.807, 2.05) is 12.1 Å². The minimum Gasteiger partial charge on any atom is -0.324 e. The summed E-state index contributed by atoms with van der Waals surface area (Å²) in [5, 5.41) is 16.3. The molecule has 168 valence electrons. The van der Waals surface area contributed by atoms with Crippen molar-refractivity contribution in [3.63, 3.8) is 0 Å². The Morgan fingerprint density at radius 1 is 1.16 bits per heavy atom. The summed E-state index contributed by atoms with van der Waals surface area (Å²) in [5.41, 5.74) is 0.874. The molecule has 9 nitrogen and oxygen atoms in total. The fourth-order valence-corrected chi connectivity index (χ4v) is 3.57. The Morgan fingerprint density at radius 3 is 2.34 bits per heavy atom. The Hall–Kier alpha value is -3.75. The Morgan fingerprint density at radius 2 is 1.78 bits per heavy atom. The fraction of sp³-hybridized carbons (Fsp3) is 0.348. The third-order valence-electron chi connectivity index (χ3n) is 5.59. The zero-order valence-electron chi connectivity index (χ0n) is 18.7. The number of nitro benzene ring substituents is 1. The Balaban J connectivity index is 1.75. The fourth-order valence-electron chi connectivity index (χ4n) is 3.57. The zero-order valence-corrected chi connectivity index (χ0v) is 18.7. The molecule has 1 fully saturated rings. The van der Waals surface area contributed by atoms with Crippen molar-refractivity contribution in [2.24, 2.45) is 0 Å². The molecular weight excluding hydrogens is 412 g/mol. The van der Waals surface area contributed by atoms with Gasteiger partial charge in [-0.15, -0.1) is 0 Å². The van der Waals surface area contributed by atoms with Gasteiger partial charge < -0.3 is 10.6 Å². The lowest BCUT2D eigenvalue weighted by molar-refractivity contribution is -0.385. The molecule has 2 N–H and O–H groups in total. The number of rotatable bonds is 5. The van der Waals surface area contributed by atoms with E-state index in [4.69, 9.17) is 0 Å². The monoisotopic (exact) mass is 438 g/mol. The van der Waals surface area contributed by atoms with Crippen molar-refractivity contribution in [1.82, 2.24) is 10.2 Å². The maximum atomic E-state index is 13.1.